The SMILES string of the molecule is CSc1ncccc1C(=O)NCC1CCN(C(=O)c2ccncc2)CC1. The maximum atomic E-state index is 12.4. The molecule has 2 amide bonds. The van der Waals surface area contributed by atoms with E-state index >= 15 is 0 Å². The molecule has 136 valence electrons. The lowest BCUT2D eigenvalue weighted by molar-refractivity contribution is 0.0684. The maximum Gasteiger partial charge on any atom is 0.254 e. The summed E-state index contributed by atoms with van der Waals surface area (Å²) in [7, 11) is 0. The molecule has 6 nitrogen and oxygen atoms in total. The third-order valence-electron chi connectivity index (χ3n) is 4.59. The number of carbonyl (C=O) groups excluding carboxylic acids is 2. The van der Waals surface area contributed by atoms with Crippen molar-refractivity contribution in [3.8, 4) is 0 Å². The Bertz CT molecular complexity index is 761. The van der Waals surface area contributed by atoms with Crippen LogP contribution in [-0.2, 0) is 0 Å². The van der Waals surface area contributed by atoms with Crippen molar-refractivity contribution < 1.29 is 9.59 Å². The van der Waals surface area contributed by atoms with Gasteiger partial charge in [0.15, 0.2) is 0 Å². The van der Waals surface area contributed by atoms with Crippen LogP contribution in [0.3, 0.4) is 0 Å². The Balaban J connectivity index is 1.48. The number of hydrogen-bond acceptors (Lipinski definition) is 5. The highest BCUT2D eigenvalue weighted by Crippen LogP contribution is 2.20. The Hall–Kier alpha value is -2.41. The van der Waals surface area contributed by atoms with Gasteiger partial charge in [0.2, 0.25) is 0 Å². The van der Waals surface area contributed by atoms with Crippen LogP contribution in [0, 0.1) is 5.92 Å². The molecule has 0 aliphatic carbocycles. The Morgan fingerprint density at radius 3 is 2.62 bits per heavy atom. The average Bonchev–Trinajstić information content (AvgIpc) is 2.72. The van der Waals surface area contributed by atoms with E-state index < -0.39 is 0 Å². The van der Waals surface area contributed by atoms with Gasteiger partial charge in [-0.2, -0.15) is 0 Å². The van der Waals surface area contributed by atoms with Gasteiger partial charge in [0, 0.05) is 43.8 Å². The van der Waals surface area contributed by atoms with Crippen LogP contribution >= 0.6 is 11.8 Å². The average molecular weight is 370 g/mol. The van der Waals surface area contributed by atoms with Gasteiger partial charge >= 0.3 is 0 Å². The monoisotopic (exact) mass is 370 g/mol. The Morgan fingerprint density at radius 1 is 1.19 bits per heavy atom. The molecule has 0 bridgehead atoms. The number of pyridine rings is 2. The fourth-order valence-corrected chi connectivity index (χ4v) is 3.62. The molecule has 1 aliphatic rings. The third kappa shape index (κ3) is 4.40. The first-order valence-corrected chi connectivity index (χ1v) is 9.88. The summed E-state index contributed by atoms with van der Waals surface area (Å²) >= 11 is 1.47. The summed E-state index contributed by atoms with van der Waals surface area (Å²) in [6, 6.07) is 7.06. The second-order valence-electron chi connectivity index (χ2n) is 6.24. The van der Waals surface area contributed by atoms with Gasteiger partial charge < -0.3 is 10.2 Å². The summed E-state index contributed by atoms with van der Waals surface area (Å²) in [6.45, 7) is 2.05. The Kier molecular flexibility index (Phi) is 6.22. The molecule has 26 heavy (non-hydrogen) atoms. The van der Waals surface area contributed by atoms with Gasteiger partial charge in [-0.1, -0.05) is 0 Å². The van der Waals surface area contributed by atoms with E-state index in [-0.39, 0.29) is 11.8 Å². The number of nitrogens with one attached hydrogen (secondary N) is 1. The molecule has 1 saturated heterocycles. The van der Waals surface area contributed by atoms with Gasteiger partial charge in [-0.3, -0.25) is 14.6 Å². The molecule has 2 aromatic rings. The van der Waals surface area contributed by atoms with Gasteiger partial charge in [0.05, 0.1) is 5.56 Å². The van der Waals surface area contributed by atoms with Gasteiger partial charge in [-0.25, -0.2) is 4.98 Å². The Morgan fingerprint density at radius 2 is 1.92 bits per heavy atom. The number of piperidine rings is 1. The van der Waals surface area contributed by atoms with E-state index in [9.17, 15) is 9.59 Å². The molecule has 0 aromatic carbocycles. The molecule has 3 heterocycles. The molecule has 1 N–H and O–H groups in total. The summed E-state index contributed by atoms with van der Waals surface area (Å²) in [4.78, 5) is 34.9. The molecular formula is C19H22N4O2S. The third-order valence-corrected chi connectivity index (χ3v) is 5.30. The van der Waals surface area contributed by atoms with Crippen LogP contribution in [-0.4, -0.2) is 52.6 Å². The zero-order valence-electron chi connectivity index (χ0n) is 14.7. The van der Waals surface area contributed by atoms with Crippen molar-refractivity contribution in [3.05, 3.63) is 54.0 Å². The van der Waals surface area contributed by atoms with Crippen LogP contribution in [0.25, 0.3) is 0 Å². The number of aromatic nitrogens is 2. The van der Waals surface area contributed by atoms with E-state index in [0.29, 0.717) is 36.7 Å². The Labute approximate surface area is 157 Å². The minimum Gasteiger partial charge on any atom is -0.352 e. The number of nitrogens with zero attached hydrogens (tertiary/aromatic N) is 3. The quantitative estimate of drug-likeness (QED) is 0.819. The molecule has 2 aromatic heterocycles. The minimum absolute atomic E-state index is 0.0508. The van der Waals surface area contributed by atoms with E-state index in [2.05, 4.69) is 15.3 Å². The molecule has 0 spiro atoms. The van der Waals surface area contributed by atoms with E-state index in [4.69, 9.17) is 0 Å². The van der Waals surface area contributed by atoms with Gasteiger partial charge in [-0.15, -0.1) is 11.8 Å². The number of rotatable bonds is 5. The maximum absolute atomic E-state index is 12.4. The zero-order valence-corrected chi connectivity index (χ0v) is 15.5. The van der Waals surface area contributed by atoms with Crippen molar-refractivity contribution in [3.63, 3.8) is 0 Å². The smallest absolute Gasteiger partial charge is 0.254 e. The molecule has 0 unspecified atom stereocenters. The van der Waals surface area contributed by atoms with Crippen LogP contribution < -0.4 is 5.32 Å². The summed E-state index contributed by atoms with van der Waals surface area (Å²) in [6.07, 6.45) is 8.65. The van der Waals surface area contributed by atoms with Gasteiger partial charge in [-0.05, 0) is 49.3 Å². The summed E-state index contributed by atoms with van der Waals surface area (Å²) in [5.74, 6) is 0.349. The van der Waals surface area contributed by atoms with Crippen molar-refractivity contribution in [1.29, 1.82) is 0 Å². The summed E-state index contributed by atoms with van der Waals surface area (Å²) in [5.41, 5.74) is 1.29. The molecule has 3 rings (SSSR count). The van der Waals surface area contributed by atoms with Gasteiger partial charge in [0.1, 0.15) is 5.03 Å². The summed E-state index contributed by atoms with van der Waals surface area (Å²) in [5, 5.41) is 3.75. The molecule has 1 aliphatic heterocycles. The highest BCUT2D eigenvalue weighted by molar-refractivity contribution is 7.98. The second-order valence-corrected chi connectivity index (χ2v) is 7.04. The van der Waals surface area contributed by atoms with Crippen molar-refractivity contribution in [2.45, 2.75) is 17.9 Å². The molecule has 0 radical (unpaired) electrons. The van der Waals surface area contributed by atoms with Crippen LogP contribution in [0.2, 0.25) is 0 Å². The van der Waals surface area contributed by atoms with Crippen LogP contribution in [0.1, 0.15) is 33.6 Å². The van der Waals surface area contributed by atoms with Crippen LogP contribution in [0.5, 0.6) is 0 Å². The minimum atomic E-state index is -0.0854. The van der Waals surface area contributed by atoms with Crippen molar-refractivity contribution in [2.24, 2.45) is 5.92 Å². The van der Waals surface area contributed by atoms with Crippen LogP contribution in [0.4, 0.5) is 0 Å². The number of thioether (sulfide) groups is 1. The largest absolute Gasteiger partial charge is 0.352 e. The number of hydrogen-bond donors (Lipinski definition) is 1. The highest BCUT2D eigenvalue weighted by Gasteiger charge is 2.24. The van der Waals surface area contributed by atoms with Crippen molar-refractivity contribution in [1.82, 2.24) is 20.2 Å². The van der Waals surface area contributed by atoms with E-state index in [1.165, 1.54) is 11.8 Å². The van der Waals surface area contributed by atoms with Crippen molar-refractivity contribution >= 4 is 23.6 Å². The fraction of sp³-hybridized carbons (Fsp3) is 0.368. The predicted octanol–water partition coefficient (Wildman–Crippen LogP) is 2.48. The van der Waals surface area contributed by atoms with E-state index in [1.807, 2.05) is 11.2 Å². The normalized spacial score (nSPS) is 14.9. The standard InChI is InChI=1S/C19H22N4O2S/c1-26-18-16(3-2-8-21-18)17(24)22-13-14-6-11-23(12-7-14)19(25)15-4-9-20-10-5-15/h2-5,8-10,14H,6-7,11-13H2,1H3,(H,22,24). The molecule has 0 saturated carbocycles. The van der Waals surface area contributed by atoms with Crippen molar-refractivity contribution in [2.75, 3.05) is 25.9 Å². The first-order valence-electron chi connectivity index (χ1n) is 8.65. The lowest BCUT2D eigenvalue weighted by atomic mass is 9.96. The molecule has 1 fully saturated rings. The number of likely N-dealkylation sites (tertiary alicyclic amines) is 1. The fourth-order valence-electron chi connectivity index (χ4n) is 3.08. The number of amides is 2. The summed E-state index contributed by atoms with van der Waals surface area (Å²) < 4.78 is 0. The van der Waals surface area contributed by atoms with Crippen LogP contribution in [0.15, 0.2) is 47.9 Å². The van der Waals surface area contributed by atoms with Gasteiger partial charge in [0.25, 0.3) is 11.8 Å². The van der Waals surface area contributed by atoms with E-state index in [1.54, 1.807) is 42.9 Å². The topological polar surface area (TPSA) is 75.2 Å². The van der Waals surface area contributed by atoms with E-state index in [0.717, 1.165) is 17.9 Å². The first-order chi connectivity index (χ1) is 12.7. The molecule has 0 atom stereocenters. The number of carbonyl (C=O) groups is 2. The molecule has 7 heteroatoms. The highest BCUT2D eigenvalue weighted by atomic mass is 32.2. The lowest BCUT2D eigenvalue weighted by Gasteiger charge is -2.32. The molecular weight excluding hydrogens is 348 g/mol. The predicted molar refractivity (Wildman–Crippen MR) is 101 cm³/mol. The second kappa shape index (κ2) is 8.80. The first kappa shape index (κ1) is 18.4. The zero-order chi connectivity index (χ0) is 18.4. The lowest BCUT2D eigenvalue weighted by Crippen LogP contribution is -2.41.